The van der Waals surface area contributed by atoms with Crippen molar-refractivity contribution >= 4 is 23.4 Å². The molecule has 0 aromatic heterocycles. The highest BCUT2D eigenvalue weighted by molar-refractivity contribution is 6.33. The number of fused-ring (bicyclic) bond motifs is 1. The van der Waals surface area contributed by atoms with E-state index in [0.29, 0.717) is 30.3 Å². The van der Waals surface area contributed by atoms with Gasteiger partial charge in [-0.15, -0.1) is 0 Å². The molecule has 14 heteroatoms. The van der Waals surface area contributed by atoms with Gasteiger partial charge in [0.1, 0.15) is 0 Å². The van der Waals surface area contributed by atoms with Crippen molar-refractivity contribution in [3.05, 3.63) is 28.8 Å². The van der Waals surface area contributed by atoms with Crippen molar-refractivity contribution in [2.24, 2.45) is 11.8 Å². The number of carbonyl (C=O) groups is 1. The highest BCUT2D eigenvalue weighted by Crippen LogP contribution is 2.40. The first-order valence-electron chi connectivity index (χ1n) is 11.4. The van der Waals surface area contributed by atoms with Crippen LogP contribution in [0.1, 0.15) is 18.4 Å². The molecule has 3 saturated heterocycles. The number of hydrogen-bond acceptors (Lipinski definition) is 4. The lowest BCUT2D eigenvalue weighted by atomic mass is 10.0. The standard InChI is InChI=1S/C22H24ClF8N3O2/c23-16-3-1-2-13(17(16)33-6-4-20(24,25)5-7-33)8-32-9-14-11-34(12-15(14)10-32)19(35)36-18(21(26,27)28)22(29,30)31/h1-3,14-15,18H,4-12H2. The number of likely N-dealkylation sites (tertiary alicyclic amines) is 2. The number of halogens is 9. The normalized spacial score (nSPS) is 24.9. The van der Waals surface area contributed by atoms with Crippen LogP contribution in [0.5, 0.6) is 0 Å². The van der Waals surface area contributed by atoms with E-state index >= 15 is 0 Å². The van der Waals surface area contributed by atoms with E-state index in [4.69, 9.17) is 11.6 Å². The van der Waals surface area contributed by atoms with Crippen LogP contribution in [0.3, 0.4) is 0 Å². The fourth-order valence-corrected chi connectivity index (χ4v) is 5.52. The van der Waals surface area contributed by atoms with Crippen molar-refractivity contribution in [2.75, 3.05) is 44.2 Å². The minimum absolute atomic E-state index is 0.0218. The SMILES string of the molecule is O=C(OC(C(F)(F)F)C(F)(F)F)N1CC2CN(Cc3cccc(Cl)c3N3CCC(F)(F)CC3)CC2C1. The Kier molecular flexibility index (Phi) is 7.28. The first kappa shape index (κ1) is 27.0. The highest BCUT2D eigenvalue weighted by atomic mass is 35.5. The third-order valence-electron chi connectivity index (χ3n) is 6.91. The molecule has 0 saturated carbocycles. The summed E-state index contributed by atoms with van der Waals surface area (Å²) in [5, 5.41) is 0.440. The second-order valence-electron chi connectivity index (χ2n) is 9.56. The molecule has 0 N–H and O–H groups in total. The van der Waals surface area contributed by atoms with Crippen LogP contribution in [0.2, 0.25) is 5.02 Å². The molecule has 1 amide bonds. The molecule has 1 aromatic carbocycles. The maximum Gasteiger partial charge on any atom is 0.434 e. The minimum Gasteiger partial charge on any atom is -0.426 e. The van der Waals surface area contributed by atoms with Crippen LogP contribution >= 0.6 is 11.6 Å². The maximum atomic E-state index is 13.6. The third kappa shape index (κ3) is 5.92. The largest absolute Gasteiger partial charge is 0.434 e. The van der Waals surface area contributed by atoms with Crippen molar-refractivity contribution in [3.8, 4) is 0 Å². The van der Waals surface area contributed by atoms with Crippen molar-refractivity contribution in [1.29, 1.82) is 0 Å². The lowest BCUT2D eigenvalue weighted by Gasteiger charge is -2.35. The van der Waals surface area contributed by atoms with Gasteiger partial charge in [-0.1, -0.05) is 23.7 Å². The molecule has 1 aromatic rings. The maximum absolute atomic E-state index is 13.6. The van der Waals surface area contributed by atoms with Gasteiger partial charge in [-0.3, -0.25) is 4.90 Å². The van der Waals surface area contributed by atoms with Crippen LogP contribution in [0.15, 0.2) is 18.2 Å². The molecular formula is C22H24ClF8N3O2. The number of nitrogens with zero attached hydrogens (tertiary/aromatic N) is 3. The number of carbonyl (C=O) groups excluding carboxylic acids is 1. The summed E-state index contributed by atoms with van der Waals surface area (Å²) in [6.45, 7) is 1.62. The Morgan fingerprint density at radius 1 is 1.00 bits per heavy atom. The Labute approximate surface area is 206 Å². The van der Waals surface area contributed by atoms with Crippen LogP contribution in [0.25, 0.3) is 0 Å². The number of para-hydroxylation sites is 1. The zero-order chi connectivity index (χ0) is 26.5. The van der Waals surface area contributed by atoms with Gasteiger partial charge in [0.05, 0.1) is 10.7 Å². The summed E-state index contributed by atoms with van der Waals surface area (Å²) in [7, 11) is 0. The smallest absolute Gasteiger partial charge is 0.426 e. The van der Waals surface area contributed by atoms with Crippen LogP contribution in [-0.2, 0) is 11.3 Å². The van der Waals surface area contributed by atoms with Gasteiger partial charge in [0.15, 0.2) is 0 Å². The van der Waals surface area contributed by atoms with E-state index in [2.05, 4.69) is 9.64 Å². The average Bonchev–Trinajstić information content (AvgIpc) is 3.30. The number of anilines is 1. The lowest BCUT2D eigenvalue weighted by Crippen LogP contribution is -2.48. The summed E-state index contributed by atoms with van der Waals surface area (Å²) in [6, 6.07) is 5.29. The van der Waals surface area contributed by atoms with Crippen molar-refractivity contribution in [3.63, 3.8) is 0 Å². The van der Waals surface area contributed by atoms with Gasteiger partial charge in [-0.05, 0) is 23.5 Å². The van der Waals surface area contributed by atoms with E-state index in [-0.39, 0.29) is 50.9 Å². The quantitative estimate of drug-likeness (QED) is 0.460. The fourth-order valence-electron chi connectivity index (χ4n) is 5.20. The first-order valence-corrected chi connectivity index (χ1v) is 11.7. The topological polar surface area (TPSA) is 36.0 Å². The lowest BCUT2D eigenvalue weighted by molar-refractivity contribution is -0.308. The number of amides is 1. The predicted octanol–water partition coefficient (Wildman–Crippen LogP) is 5.57. The summed E-state index contributed by atoms with van der Waals surface area (Å²) < 4.78 is 107. The summed E-state index contributed by atoms with van der Waals surface area (Å²) in [5.74, 6) is -3.01. The predicted molar refractivity (Wildman–Crippen MR) is 114 cm³/mol. The molecule has 3 fully saturated rings. The zero-order valence-electron chi connectivity index (χ0n) is 18.9. The van der Waals surface area contributed by atoms with E-state index < -0.39 is 30.5 Å². The molecule has 2 atom stereocenters. The number of rotatable bonds is 4. The Morgan fingerprint density at radius 3 is 2.08 bits per heavy atom. The van der Waals surface area contributed by atoms with E-state index in [1.807, 2.05) is 11.0 Å². The Balaban J connectivity index is 1.36. The number of ether oxygens (including phenoxy) is 1. The number of hydrogen-bond donors (Lipinski definition) is 0. The van der Waals surface area contributed by atoms with Gasteiger partial charge >= 0.3 is 18.4 Å². The number of piperidine rings is 1. The highest BCUT2D eigenvalue weighted by Gasteiger charge is 2.60. The van der Waals surface area contributed by atoms with Crippen LogP contribution in [0, 0.1) is 11.8 Å². The number of benzene rings is 1. The van der Waals surface area contributed by atoms with E-state index in [0.717, 1.165) is 10.5 Å². The molecule has 2 unspecified atom stereocenters. The monoisotopic (exact) mass is 549 g/mol. The van der Waals surface area contributed by atoms with Gasteiger partial charge < -0.3 is 14.5 Å². The Morgan fingerprint density at radius 2 is 1.56 bits per heavy atom. The fraction of sp³-hybridized carbons (Fsp3) is 0.682. The van der Waals surface area contributed by atoms with Gasteiger partial charge in [-0.2, -0.15) is 26.3 Å². The molecule has 4 rings (SSSR count). The van der Waals surface area contributed by atoms with Gasteiger partial charge in [0.25, 0.3) is 12.0 Å². The van der Waals surface area contributed by atoms with E-state index in [9.17, 15) is 39.9 Å². The third-order valence-corrected chi connectivity index (χ3v) is 7.21. The first-order chi connectivity index (χ1) is 16.6. The molecule has 0 aliphatic carbocycles. The van der Waals surface area contributed by atoms with E-state index in [1.165, 1.54) is 0 Å². The molecule has 3 aliphatic heterocycles. The molecule has 3 aliphatic rings. The van der Waals surface area contributed by atoms with Crippen molar-refractivity contribution < 1.29 is 44.7 Å². The van der Waals surface area contributed by atoms with Crippen LogP contribution < -0.4 is 4.90 Å². The van der Waals surface area contributed by atoms with Crippen LogP contribution in [0.4, 0.5) is 45.6 Å². The molecule has 36 heavy (non-hydrogen) atoms. The van der Waals surface area contributed by atoms with Gasteiger partial charge in [0.2, 0.25) is 0 Å². The van der Waals surface area contributed by atoms with Crippen molar-refractivity contribution in [2.45, 2.75) is 43.8 Å². The second-order valence-corrected chi connectivity index (χ2v) is 9.96. The second kappa shape index (κ2) is 9.70. The number of alkyl halides is 8. The molecule has 202 valence electrons. The van der Waals surface area contributed by atoms with Gasteiger partial charge in [-0.25, -0.2) is 13.6 Å². The van der Waals surface area contributed by atoms with Crippen molar-refractivity contribution in [1.82, 2.24) is 9.80 Å². The summed E-state index contributed by atoms with van der Waals surface area (Å²) in [4.78, 5) is 16.8. The molecule has 0 spiro atoms. The summed E-state index contributed by atoms with van der Waals surface area (Å²) in [6.07, 6.45) is -17.9. The summed E-state index contributed by atoms with van der Waals surface area (Å²) in [5.41, 5.74) is 1.52. The molecule has 0 bridgehead atoms. The molecule has 0 radical (unpaired) electrons. The van der Waals surface area contributed by atoms with Gasteiger partial charge in [0, 0.05) is 58.7 Å². The molecule has 3 heterocycles. The average molecular weight is 550 g/mol. The zero-order valence-corrected chi connectivity index (χ0v) is 19.6. The Hall–Kier alpha value is -2.02. The Bertz CT molecular complexity index is 936. The van der Waals surface area contributed by atoms with Crippen LogP contribution in [-0.4, -0.2) is 79.5 Å². The molecule has 5 nitrogen and oxygen atoms in total. The van der Waals surface area contributed by atoms with E-state index in [1.54, 1.807) is 12.1 Å². The minimum atomic E-state index is -5.76. The summed E-state index contributed by atoms with van der Waals surface area (Å²) >= 11 is 6.41. The molecular weight excluding hydrogens is 526 g/mol.